The topological polar surface area (TPSA) is 93.4 Å². The van der Waals surface area contributed by atoms with Gasteiger partial charge in [0.05, 0.1) is 23.0 Å². The molecule has 166 valence electrons. The Morgan fingerprint density at radius 2 is 2.09 bits per heavy atom. The lowest BCUT2D eigenvalue weighted by Crippen LogP contribution is -2.26. The van der Waals surface area contributed by atoms with Crippen LogP contribution in [0.2, 0.25) is 0 Å². The second kappa shape index (κ2) is 7.26. The number of aromatic amines is 1. The van der Waals surface area contributed by atoms with Crippen LogP contribution in [-0.4, -0.2) is 29.3 Å². The van der Waals surface area contributed by atoms with Crippen molar-refractivity contribution >= 4 is 27.6 Å². The molecule has 0 amide bonds. The number of rotatable bonds is 5. The van der Waals surface area contributed by atoms with E-state index in [9.17, 15) is 9.18 Å². The number of halogens is 1. The Balaban J connectivity index is 1.51. The smallest absolute Gasteiger partial charge is 0.259 e. The van der Waals surface area contributed by atoms with E-state index in [0.717, 1.165) is 35.0 Å². The fourth-order valence-corrected chi connectivity index (χ4v) is 4.55. The molecule has 0 saturated heterocycles. The van der Waals surface area contributed by atoms with Gasteiger partial charge in [0.2, 0.25) is 0 Å². The minimum absolute atomic E-state index is 0.0150. The summed E-state index contributed by atoms with van der Waals surface area (Å²) in [5.74, 6) is -0.0234. The number of anilines is 1. The summed E-state index contributed by atoms with van der Waals surface area (Å²) < 4.78 is 18.0. The molecule has 0 spiro atoms. The maximum Gasteiger partial charge on any atom is 0.259 e. The van der Waals surface area contributed by atoms with Crippen LogP contribution < -0.4 is 10.9 Å². The Bertz CT molecular complexity index is 1580. The zero-order chi connectivity index (χ0) is 22.7. The van der Waals surface area contributed by atoms with Crippen LogP contribution in [0.25, 0.3) is 32.9 Å². The molecule has 1 aliphatic carbocycles. The van der Waals surface area contributed by atoms with Crippen molar-refractivity contribution in [2.24, 2.45) is 7.05 Å². The second-order valence-corrected chi connectivity index (χ2v) is 8.60. The van der Waals surface area contributed by atoms with Crippen LogP contribution in [-0.2, 0) is 7.05 Å². The normalized spacial score (nSPS) is 14.8. The van der Waals surface area contributed by atoms with Gasteiger partial charge in [0.15, 0.2) is 5.82 Å². The van der Waals surface area contributed by atoms with Crippen molar-refractivity contribution in [3.05, 3.63) is 71.0 Å². The Morgan fingerprint density at radius 3 is 2.85 bits per heavy atom. The molecule has 0 radical (unpaired) electrons. The van der Waals surface area contributed by atoms with Crippen molar-refractivity contribution in [3.63, 3.8) is 0 Å². The average Bonchev–Trinajstić information content (AvgIpc) is 3.44. The van der Waals surface area contributed by atoms with Crippen molar-refractivity contribution < 1.29 is 4.39 Å². The molecule has 0 unspecified atom stereocenters. The first-order valence-electron chi connectivity index (χ1n) is 10.9. The molecular formula is C24H22FN7O. The maximum absolute atomic E-state index is 14.3. The molecule has 1 aromatic carbocycles. The molecular weight excluding hydrogens is 421 g/mol. The van der Waals surface area contributed by atoms with Crippen molar-refractivity contribution in [2.75, 3.05) is 5.32 Å². The molecule has 8 nitrogen and oxygen atoms in total. The number of aromatic nitrogens is 6. The Kier molecular flexibility index (Phi) is 4.33. The molecule has 33 heavy (non-hydrogen) atoms. The highest BCUT2D eigenvalue weighted by Crippen LogP contribution is 2.38. The average molecular weight is 443 g/mol. The minimum atomic E-state index is -0.417. The van der Waals surface area contributed by atoms with Crippen LogP contribution in [0.3, 0.4) is 0 Å². The first kappa shape index (κ1) is 19.7. The number of nitrogens with zero attached hydrogens (tertiary/aromatic N) is 5. The van der Waals surface area contributed by atoms with E-state index in [1.54, 1.807) is 10.9 Å². The summed E-state index contributed by atoms with van der Waals surface area (Å²) in [6, 6.07) is 7.81. The lowest BCUT2D eigenvalue weighted by Gasteiger charge is -2.22. The molecule has 0 bridgehead atoms. The number of aryl methyl sites for hydroxylation is 1. The molecule has 5 aromatic rings. The molecule has 6 rings (SSSR count). The third kappa shape index (κ3) is 3.19. The summed E-state index contributed by atoms with van der Waals surface area (Å²) in [5.41, 5.74) is 3.04. The predicted molar refractivity (Wildman–Crippen MR) is 125 cm³/mol. The van der Waals surface area contributed by atoms with Gasteiger partial charge in [0.25, 0.3) is 5.56 Å². The Labute approximate surface area is 188 Å². The van der Waals surface area contributed by atoms with E-state index in [4.69, 9.17) is 0 Å². The SMILES string of the molecule is C[C@@H](Nc1ncnc2[nH]cc(F)c12)c1cc2cccc(-c3cnn(C)c3)c2c(=O)n1C1CC1. The van der Waals surface area contributed by atoms with Crippen LogP contribution in [0.4, 0.5) is 10.2 Å². The standard InChI is InChI=1S/C24H22FN7O/c1-13(30-23-21-18(25)10-26-22(21)27-12-28-23)19-8-14-4-3-5-17(15-9-29-31(2)11-15)20(14)24(33)32(19)16-6-7-16/h3-5,8-13,16H,6-7H2,1-2H3,(H2,26,27,28,30)/t13-/m1/s1. The van der Waals surface area contributed by atoms with Crippen LogP contribution in [0.1, 0.15) is 37.5 Å². The number of hydrogen-bond donors (Lipinski definition) is 2. The highest BCUT2D eigenvalue weighted by Gasteiger charge is 2.30. The monoisotopic (exact) mass is 443 g/mol. The predicted octanol–water partition coefficient (Wildman–Crippen LogP) is 4.32. The summed E-state index contributed by atoms with van der Waals surface area (Å²) in [5, 5.41) is 9.44. The molecule has 0 aliphatic heterocycles. The van der Waals surface area contributed by atoms with Gasteiger partial charge in [-0.25, -0.2) is 14.4 Å². The summed E-state index contributed by atoms with van der Waals surface area (Å²) in [6.07, 6.45) is 8.28. The summed E-state index contributed by atoms with van der Waals surface area (Å²) in [6.45, 7) is 1.96. The molecule has 9 heteroatoms. The highest BCUT2D eigenvalue weighted by molar-refractivity contribution is 5.96. The number of benzene rings is 1. The first-order chi connectivity index (χ1) is 16.0. The van der Waals surface area contributed by atoms with Crippen LogP contribution >= 0.6 is 0 Å². The third-order valence-electron chi connectivity index (χ3n) is 6.26. The lowest BCUT2D eigenvalue weighted by molar-refractivity contribution is 0.632. The van der Waals surface area contributed by atoms with Gasteiger partial charge in [-0.15, -0.1) is 0 Å². The van der Waals surface area contributed by atoms with E-state index in [2.05, 4.69) is 31.4 Å². The summed E-state index contributed by atoms with van der Waals surface area (Å²) >= 11 is 0. The van der Waals surface area contributed by atoms with Crippen molar-refractivity contribution in [2.45, 2.75) is 31.8 Å². The van der Waals surface area contributed by atoms with Gasteiger partial charge in [-0.05, 0) is 36.8 Å². The van der Waals surface area contributed by atoms with Crippen molar-refractivity contribution in [3.8, 4) is 11.1 Å². The summed E-state index contributed by atoms with van der Waals surface area (Å²) in [4.78, 5) is 25.0. The van der Waals surface area contributed by atoms with Crippen LogP contribution in [0.15, 0.2) is 54.0 Å². The molecule has 1 aliphatic rings. The molecule has 1 atom stereocenters. The highest BCUT2D eigenvalue weighted by atomic mass is 19.1. The first-order valence-corrected chi connectivity index (χ1v) is 10.9. The minimum Gasteiger partial charge on any atom is -0.361 e. The maximum atomic E-state index is 14.3. The van der Waals surface area contributed by atoms with Crippen molar-refractivity contribution in [1.82, 2.24) is 29.3 Å². The van der Waals surface area contributed by atoms with E-state index in [1.165, 1.54) is 12.5 Å². The molecule has 4 heterocycles. The third-order valence-corrected chi connectivity index (χ3v) is 6.26. The van der Waals surface area contributed by atoms with Gasteiger partial charge >= 0.3 is 0 Å². The molecule has 4 aromatic heterocycles. The molecule has 2 N–H and O–H groups in total. The van der Waals surface area contributed by atoms with E-state index in [0.29, 0.717) is 22.2 Å². The largest absolute Gasteiger partial charge is 0.361 e. The lowest BCUT2D eigenvalue weighted by atomic mass is 10.00. The number of pyridine rings is 1. The fourth-order valence-electron chi connectivity index (χ4n) is 4.55. The zero-order valence-electron chi connectivity index (χ0n) is 18.2. The Morgan fingerprint density at radius 1 is 1.24 bits per heavy atom. The zero-order valence-corrected chi connectivity index (χ0v) is 18.2. The van der Waals surface area contributed by atoms with Crippen molar-refractivity contribution in [1.29, 1.82) is 0 Å². The van der Waals surface area contributed by atoms with Gasteiger partial charge in [-0.2, -0.15) is 5.10 Å². The summed E-state index contributed by atoms with van der Waals surface area (Å²) in [7, 11) is 1.86. The number of hydrogen-bond acceptors (Lipinski definition) is 5. The second-order valence-electron chi connectivity index (χ2n) is 8.60. The van der Waals surface area contributed by atoms with E-state index in [-0.39, 0.29) is 17.6 Å². The number of fused-ring (bicyclic) bond motifs is 2. The molecule has 1 fully saturated rings. The fraction of sp³-hybridized carbons (Fsp3) is 0.250. The molecule has 1 saturated carbocycles. The van der Waals surface area contributed by atoms with Gasteiger partial charge in [-0.1, -0.05) is 18.2 Å². The van der Waals surface area contributed by atoms with Crippen LogP contribution in [0, 0.1) is 5.82 Å². The number of H-pyrrole nitrogens is 1. The van der Waals surface area contributed by atoms with E-state index >= 15 is 0 Å². The van der Waals surface area contributed by atoms with E-state index in [1.807, 2.05) is 42.9 Å². The van der Waals surface area contributed by atoms with Gasteiger partial charge in [0, 0.05) is 36.7 Å². The quantitative estimate of drug-likeness (QED) is 0.422. The van der Waals surface area contributed by atoms with Gasteiger partial charge in [-0.3, -0.25) is 9.48 Å². The van der Waals surface area contributed by atoms with Crippen LogP contribution in [0.5, 0.6) is 0 Å². The number of nitrogens with one attached hydrogen (secondary N) is 2. The van der Waals surface area contributed by atoms with Gasteiger partial charge in [0.1, 0.15) is 17.8 Å². The van der Waals surface area contributed by atoms with E-state index < -0.39 is 5.82 Å². The van der Waals surface area contributed by atoms with Gasteiger partial charge < -0.3 is 14.9 Å². The Hall–Kier alpha value is -4.01.